The van der Waals surface area contributed by atoms with Crippen LogP contribution in [0.1, 0.15) is 71.6 Å². The lowest BCUT2D eigenvalue weighted by Crippen LogP contribution is -2.40. The lowest BCUT2D eigenvalue weighted by Gasteiger charge is -2.32. The van der Waals surface area contributed by atoms with Crippen molar-refractivity contribution in [3.8, 4) is 0 Å². The molecule has 5 rings (SSSR count). The van der Waals surface area contributed by atoms with Gasteiger partial charge < -0.3 is 20.4 Å². The average Bonchev–Trinajstić information content (AvgIpc) is 3.57. The molecule has 1 saturated carbocycles. The number of nitrogens with zero attached hydrogens (tertiary/aromatic N) is 3. The van der Waals surface area contributed by atoms with Crippen molar-refractivity contribution in [1.82, 2.24) is 20.4 Å². The van der Waals surface area contributed by atoms with Crippen LogP contribution in [0.4, 0.5) is 4.39 Å². The Bertz CT molecular complexity index is 1160. The van der Waals surface area contributed by atoms with Gasteiger partial charge in [0.05, 0.1) is 17.3 Å². The van der Waals surface area contributed by atoms with Gasteiger partial charge in [0.25, 0.3) is 5.91 Å². The van der Waals surface area contributed by atoms with Gasteiger partial charge in [-0.15, -0.1) is 11.3 Å². The van der Waals surface area contributed by atoms with Gasteiger partial charge in [-0.1, -0.05) is 31.6 Å². The Labute approximate surface area is 217 Å². The minimum atomic E-state index is -0.667. The summed E-state index contributed by atoms with van der Waals surface area (Å²) >= 11 is 1.55. The van der Waals surface area contributed by atoms with Gasteiger partial charge in [0.2, 0.25) is 5.96 Å². The van der Waals surface area contributed by atoms with Gasteiger partial charge in [0.1, 0.15) is 11.9 Å². The van der Waals surface area contributed by atoms with Crippen LogP contribution in [0.25, 0.3) is 0 Å². The second-order valence-corrected chi connectivity index (χ2v) is 11.5. The van der Waals surface area contributed by atoms with E-state index in [9.17, 15) is 9.18 Å². The standard InChI is InChI=1S/C28H36FN5OS/c1-5-19(20-10-14-33(3)15-11-20)9-8-18(2)31-27-30-17-22(29)24(32-27)23-16-21-25(36-23)28(12-6-7-13-28)34(4)26(21)35/h5,8-9,16-17,20,24H,2,6-7,10-15H2,1,3-4H3,(H2,30,31,32)/b9-8-,19-5+. The van der Waals surface area contributed by atoms with E-state index in [0.29, 0.717) is 17.6 Å². The summed E-state index contributed by atoms with van der Waals surface area (Å²) in [6.07, 6.45) is 14.0. The molecule has 4 aliphatic rings. The molecular formula is C28H36FN5OS. The Kier molecular flexibility index (Phi) is 6.92. The maximum absolute atomic E-state index is 14.9. The largest absolute Gasteiger partial charge is 0.342 e. The molecule has 8 heteroatoms. The van der Waals surface area contributed by atoms with E-state index in [2.05, 4.69) is 53.2 Å². The number of hydrogen-bond donors (Lipinski definition) is 2. The van der Waals surface area contributed by atoms with E-state index in [1.807, 2.05) is 24.1 Å². The van der Waals surface area contributed by atoms with Crippen molar-refractivity contribution < 1.29 is 9.18 Å². The first-order valence-electron chi connectivity index (χ1n) is 12.9. The average molecular weight is 510 g/mol. The molecule has 6 nitrogen and oxygen atoms in total. The minimum absolute atomic E-state index is 0.0459. The van der Waals surface area contributed by atoms with Gasteiger partial charge in [-0.3, -0.25) is 4.79 Å². The molecule has 0 radical (unpaired) electrons. The zero-order valence-electron chi connectivity index (χ0n) is 21.4. The van der Waals surface area contributed by atoms with Crippen molar-refractivity contribution in [3.05, 3.63) is 69.5 Å². The first-order chi connectivity index (χ1) is 17.3. The molecule has 1 aliphatic carbocycles. The van der Waals surface area contributed by atoms with Gasteiger partial charge in [-0.05, 0) is 76.4 Å². The molecule has 2 N–H and O–H groups in total. The number of aliphatic imine (C=N–C) groups is 1. The quantitative estimate of drug-likeness (QED) is 0.525. The number of hydrogen-bond acceptors (Lipinski definition) is 6. The molecule has 0 aromatic carbocycles. The maximum atomic E-state index is 14.9. The summed E-state index contributed by atoms with van der Waals surface area (Å²) in [7, 11) is 4.07. The maximum Gasteiger partial charge on any atom is 0.255 e. The molecule has 36 heavy (non-hydrogen) atoms. The van der Waals surface area contributed by atoms with Crippen molar-refractivity contribution in [2.24, 2.45) is 10.9 Å². The number of rotatable bonds is 5. The van der Waals surface area contributed by atoms with Gasteiger partial charge in [-0.2, -0.15) is 0 Å². The third-order valence-corrected chi connectivity index (χ3v) is 9.61. The number of likely N-dealkylation sites (tertiary alicyclic amines) is 1. The van der Waals surface area contributed by atoms with Crippen LogP contribution < -0.4 is 10.6 Å². The van der Waals surface area contributed by atoms with Gasteiger partial charge in [0, 0.05) is 22.5 Å². The second-order valence-electron chi connectivity index (χ2n) is 10.4. The highest BCUT2D eigenvalue weighted by Gasteiger charge is 2.51. The van der Waals surface area contributed by atoms with Gasteiger partial charge in [0.15, 0.2) is 0 Å². The van der Waals surface area contributed by atoms with E-state index in [1.165, 1.54) is 11.8 Å². The van der Waals surface area contributed by atoms with E-state index in [4.69, 9.17) is 0 Å². The Morgan fingerprint density at radius 1 is 1.28 bits per heavy atom. The molecule has 4 heterocycles. The van der Waals surface area contributed by atoms with E-state index in [1.54, 1.807) is 11.3 Å². The number of allylic oxidation sites excluding steroid dienone is 4. The Balaban J connectivity index is 1.26. The number of carbonyl (C=O) groups is 1. The van der Waals surface area contributed by atoms with E-state index in [-0.39, 0.29) is 17.3 Å². The molecule has 2 fully saturated rings. The second kappa shape index (κ2) is 9.98. The molecule has 192 valence electrons. The van der Waals surface area contributed by atoms with Gasteiger partial charge >= 0.3 is 0 Å². The summed E-state index contributed by atoms with van der Waals surface area (Å²) in [5.41, 5.74) is 2.51. The lowest BCUT2D eigenvalue weighted by molar-refractivity contribution is 0.0645. The molecule has 1 aromatic rings. The van der Waals surface area contributed by atoms with Crippen molar-refractivity contribution in [2.75, 3.05) is 27.2 Å². The fourth-order valence-electron chi connectivity index (χ4n) is 6.03. The highest BCUT2D eigenvalue weighted by Crippen LogP contribution is 2.53. The van der Waals surface area contributed by atoms with Crippen LogP contribution in [0, 0.1) is 5.92 Å². The number of piperidine rings is 1. The van der Waals surface area contributed by atoms with Crippen LogP contribution in [0.5, 0.6) is 0 Å². The Morgan fingerprint density at radius 2 is 2.00 bits per heavy atom. The van der Waals surface area contributed by atoms with E-state index >= 15 is 0 Å². The summed E-state index contributed by atoms with van der Waals surface area (Å²) in [6.45, 7) is 8.43. The first kappa shape index (κ1) is 25.0. The molecule has 1 amide bonds. The fourth-order valence-corrected chi connectivity index (χ4v) is 7.52. The monoisotopic (exact) mass is 509 g/mol. The lowest BCUT2D eigenvalue weighted by atomic mass is 9.89. The number of carbonyl (C=O) groups excluding carboxylic acids is 1. The minimum Gasteiger partial charge on any atom is -0.342 e. The van der Waals surface area contributed by atoms with Crippen LogP contribution in [0.15, 0.2) is 59.2 Å². The summed E-state index contributed by atoms with van der Waals surface area (Å²) in [6, 6.07) is 1.20. The number of guanidine groups is 1. The topological polar surface area (TPSA) is 60.0 Å². The number of amides is 1. The number of thiophene rings is 1. The number of fused-ring (bicyclic) bond motifs is 2. The first-order valence-corrected chi connectivity index (χ1v) is 13.7. The van der Waals surface area contributed by atoms with Crippen molar-refractivity contribution >= 4 is 23.2 Å². The van der Waals surface area contributed by atoms with Crippen LogP contribution in [-0.2, 0) is 5.54 Å². The third kappa shape index (κ3) is 4.45. The van der Waals surface area contributed by atoms with E-state index < -0.39 is 6.04 Å². The molecule has 1 saturated heterocycles. The number of nitrogens with one attached hydrogen (secondary N) is 2. The zero-order valence-corrected chi connectivity index (χ0v) is 22.3. The van der Waals surface area contributed by atoms with Crippen molar-refractivity contribution in [2.45, 2.75) is 57.0 Å². The highest BCUT2D eigenvalue weighted by atomic mass is 32.1. The highest BCUT2D eigenvalue weighted by molar-refractivity contribution is 7.12. The molecule has 1 spiro atoms. The van der Waals surface area contributed by atoms with E-state index in [0.717, 1.165) is 66.9 Å². The zero-order chi connectivity index (χ0) is 25.4. The molecule has 1 aromatic heterocycles. The van der Waals surface area contributed by atoms with Crippen molar-refractivity contribution in [3.63, 3.8) is 0 Å². The fraction of sp³-hybridized carbons (Fsp3) is 0.500. The molecule has 0 bridgehead atoms. The summed E-state index contributed by atoms with van der Waals surface area (Å²) in [4.78, 5) is 23.3. The molecule has 3 aliphatic heterocycles. The Morgan fingerprint density at radius 3 is 2.69 bits per heavy atom. The predicted octanol–water partition coefficient (Wildman–Crippen LogP) is 5.36. The summed E-state index contributed by atoms with van der Waals surface area (Å²) in [5, 5.41) is 6.36. The van der Waals surface area contributed by atoms with Crippen LogP contribution in [-0.4, -0.2) is 48.9 Å². The van der Waals surface area contributed by atoms with Crippen LogP contribution in [0.3, 0.4) is 0 Å². The summed E-state index contributed by atoms with van der Waals surface area (Å²) in [5.74, 6) is 0.698. The number of halogens is 1. The smallest absolute Gasteiger partial charge is 0.255 e. The molecular weight excluding hydrogens is 473 g/mol. The van der Waals surface area contributed by atoms with Crippen LogP contribution in [0.2, 0.25) is 0 Å². The SMILES string of the molecule is C=C(/C=C\C(=C/C)C1CCN(C)CC1)NC1=NC=C(F)C(c2cc3c(s2)C2(CCCC2)N(C)C3=O)N1. The normalized spacial score (nSPS) is 24.8. The molecule has 1 unspecified atom stereocenters. The van der Waals surface area contributed by atoms with Crippen molar-refractivity contribution in [1.29, 1.82) is 0 Å². The summed E-state index contributed by atoms with van der Waals surface area (Å²) < 4.78 is 14.9. The molecule has 1 atom stereocenters. The van der Waals surface area contributed by atoms with Gasteiger partial charge in [-0.25, -0.2) is 9.38 Å². The Hall–Kier alpha value is -2.71. The third-order valence-electron chi connectivity index (χ3n) is 8.22. The predicted molar refractivity (Wildman–Crippen MR) is 144 cm³/mol. The van der Waals surface area contributed by atoms with Crippen LogP contribution >= 0.6 is 11.3 Å².